The molecule has 2 aromatic rings. The Balaban J connectivity index is 2.02. The van der Waals surface area contributed by atoms with Gasteiger partial charge >= 0.3 is 0 Å². The average molecular weight is 271 g/mol. The van der Waals surface area contributed by atoms with Gasteiger partial charge in [-0.25, -0.2) is 4.39 Å². The first-order valence-electron chi connectivity index (χ1n) is 6.46. The van der Waals surface area contributed by atoms with Crippen LogP contribution in [0.3, 0.4) is 0 Å². The van der Waals surface area contributed by atoms with Crippen LogP contribution in [0.1, 0.15) is 22.8 Å². The monoisotopic (exact) mass is 271 g/mol. The Hall–Kier alpha value is -2.36. The number of anilines is 2. The van der Waals surface area contributed by atoms with Gasteiger partial charge < -0.3 is 10.0 Å². The minimum absolute atomic E-state index is 0.0418. The van der Waals surface area contributed by atoms with E-state index in [9.17, 15) is 14.3 Å². The highest BCUT2D eigenvalue weighted by molar-refractivity contribution is 5.97. The lowest BCUT2D eigenvalue weighted by molar-refractivity contribution is 0.101. The van der Waals surface area contributed by atoms with Crippen molar-refractivity contribution in [3.05, 3.63) is 53.3 Å². The molecule has 0 amide bonds. The molecule has 0 aromatic heterocycles. The molecule has 102 valence electrons. The Kier molecular flexibility index (Phi) is 2.93. The Morgan fingerprint density at radius 2 is 2.05 bits per heavy atom. The number of phenolic OH excluding ortho intramolecular Hbond substituents is 1. The van der Waals surface area contributed by atoms with Gasteiger partial charge in [-0.3, -0.25) is 4.79 Å². The number of fused-ring (bicyclic) bond motifs is 1. The molecule has 1 aliphatic rings. The second-order valence-electron chi connectivity index (χ2n) is 4.93. The molecule has 0 spiro atoms. The molecular weight excluding hydrogens is 257 g/mol. The van der Waals surface area contributed by atoms with Crippen LogP contribution in [0.25, 0.3) is 0 Å². The first-order valence-corrected chi connectivity index (χ1v) is 6.46. The molecule has 1 N–H and O–H groups in total. The average Bonchev–Trinajstić information content (AvgIpc) is 2.81. The van der Waals surface area contributed by atoms with Crippen molar-refractivity contribution >= 4 is 17.2 Å². The number of phenols is 1. The summed E-state index contributed by atoms with van der Waals surface area (Å²) in [5.74, 6) is -0.498. The number of carbonyl (C=O) groups excluding carboxylic acids is 1. The lowest BCUT2D eigenvalue weighted by atomic mass is 10.1. The molecule has 0 fully saturated rings. The van der Waals surface area contributed by atoms with Crippen LogP contribution in [0, 0.1) is 5.82 Å². The maximum absolute atomic E-state index is 13.4. The number of benzene rings is 2. The number of ketones is 1. The standard InChI is InChI=1S/C16H14FNO2/c1-10(19)14-5-4-13(9-16(14)20)18-7-6-11-2-3-12(17)8-15(11)18/h2-5,8-9,20H,6-7H2,1H3. The van der Waals surface area contributed by atoms with E-state index >= 15 is 0 Å². The fraction of sp³-hybridized carbons (Fsp3) is 0.188. The number of carbonyl (C=O) groups is 1. The third kappa shape index (κ3) is 2.03. The van der Waals surface area contributed by atoms with Gasteiger partial charge in [0.25, 0.3) is 0 Å². The molecule has 0 atom stereocenters. The molecule has 0 bridgehead atoms. The first kappa shape index (κ1) is 12.7. The van der Waals surface area contributed by atoms with E-state index < -0.39 is 0 Å². The van der Waals surface area contributed by atoms with Gasteiger partial charge in [0.15, 0.2) is 5.78 Å². The molecule has 1 aliphatic heterocycles. The highest BCUT2D eigenvalue weighted by Gasteiger charge is 2.22. The molecule has 2 aromatic carbocycles. The Bertz CT molecular complexity index is 697. The van der Waals surface area contributed by atoms with Crippen LogP contribution < -0.4 is 4.90 Å². The van der Waals surface area contributed by atoms with Gasteiger partial charge in [0, 0.05) is 24.0 Å². The van der Waals surface area contributed by atoms with E-state index in [1.165, 1.54) is 19.1 Å². The number of nitrogens with zero attached hydrogens (tertiary/aromatic N) is 1. The molecule has 0 saturated heterocycles. The van der Waals surface area contributed by atoms with Crippen molar-refractivity contribution < 1.29 is 14.3 Å². The molecule has 0 aliphatic carbocycles. The van der Waals surface area contributed by atoms with Gasteiger partial charge in [-0.1, -0.05) is 6.07 Å². The van der Waals surface area contributed by atoms with E-state index in [0.29, 0.717) is 5.56 Å². The van der Waals surface area contributed by atoms with Crippen molar-refractivity contribution in [1.29, 1.82) is 0 Å². The number of halogens is 1. The van der Waals surface area contributed by atoms with Gasteiger partial charge in [0.1, 0.15) is 11.6 Å². The molecule has 0 unspecified atom stereocenters. The minimum atomic E-state index is -0.278. The zero-order valence-electron chi connectivity index (χ0n) is 11.1. The highest BCUT2D eigenvalue weighted by atomic mass is 19.1. The fourth-order valence-electron chi connectivity index (χ4n) is 2.61. The number of rotatable bonds is 2. The summed E-state index contributed by atoms with van der Waals surface area (Å²) in [5, 5.41) is 9.90. The van der Waals surface area contributed by atoms with Gasteiger partial charge in [-0.05, 0) is 43.2 Å². The quantitative estimate of drug-likeness (QED) is 0.851. The summed E-state index contributed by atoms with van der Waals surface area (Å²) in [6.45, 7) is 2.15. The molecule has 4 heteroatoms. The van der Waals surface area contributed by atoms with E-state index in [4.69, 9.17) is 0 Å². The maximum atomic E-state index is 13.4. The maximum Gasteiger partial charge on any atom is 0.163 e. The summed E-state index contributed by atoms with van der Waals surface area (Å²) in [7, 11) is 0. The van der Waals surface area contributed by atoms with Crippen molar-refractivity contribution in [2.24, 2.45) is 0 Å². The molecule has 1 heterocycles. The highest BCUT2D eigenvalue weighted by Crippen LogP contribution is 2.36. The molecular formula is C16H14FNO2. The second-order valence-corrected chi connectivity index (χ2v) is 4.93. The van der Waals surface area contributed by atoms with Crippen molar-refractivity contribution in [2.45, 2.75) is 13.3 Å². The van der Waals surface area contributed by atoms with E-state index in [1.54, 1.807) is 24.3 Å². The predicted molar refractivity (Wildman–Crippen MR) is 75.2 cm³/mol. The van der Waals surface area contributed by atoms with Crippen molar-refractivity contribution in [3.63, 3.8) is 0 Å². The van der Waals surface area contributed by atoms with Crippen LogP contribution in [0.15, 0.2) is 36.4 Å². The van der Waals surface area contributed by atoms with Crippen LogP contribution in [-0.4, -0.2) is 17.4 Å². The molecule has 3 rings (SSSR count). The lowest BCUT2D eigenvalue weighted by Crippen LogP contribution is -2.13. The molecule has 0 radical (unpaired) electrons. The van der Waals surface area contributed by atoms with E-state index in [-0.39, 0.29) is 17.3 Å². The first-order chi connectivity index (χ1) is 9.56. The normalized spacial score (nSPS) is 13.4. The van der Waals surface area contributed by atoms with Gasteiger partial charge in [0.2, 0.25) is 0 Å². The SMILES string of the molecule is CC(=O)c1ccc(N2CCc3ccc(F)cc32)cc1O. The van der Waals surface area contributed by atoms with Gasteiger partial charge in [0.05, 0.1) is 5.56 Å². The van der Waals surface area contributed by atoms with Crippen LogP contribution >= 0.6 is 0 Å². The number of aromatic hydroxyl groups is 1. The van der Waals surface area contributed by atoms with Crippen molar-refractivity contribution in [3.8, 4) is 5.75 Å². The minimum Gasteiger partial charge on any atom is -0.507 e. The number of hydrogen-bond donors (Lipinski definition) is 1. The zero-order valence-corrected chi connectivity index (χ0v) is 11.1. The van der Waals surface area contributed by atoms with Crippen molar-refractivity contribution in [2.75, 3.05) is 11.4 Å². The summed E-state index contributed by atoms with van der Waals surface area (Å²) >= 11 is 0. The predicted octanol–water partition coefficient (Wildman–Crippen LogP) is 3.43. The number of hydrogen-bond acceptors (Lipinski definition) is 3. The third-order valence-corrected chi connectivity index (χ3v) is 3.62. The van der Waals surface area contributed by atoms with Crippen molar-refractivity contribution in [1.82, 2.24) is 0 Å². The van der Waals surface area contributed by atoms with Gasteiger partial charge in [-0.2, -0.15) is 0 Å². The molecule has 0 saturated carbocycles. The fourth-order valence-corrected chi connectivity index (χ4v) is 2.61. The Morgan fingerprint density at radius 1 is 1.25 bits per heavy atom. The topological polar surface area (TPSA) is 40.5 Å². The molecule has 20 heavy (non-hydrogen) atoms. The largest absolute Gasteiger partial charge is 0.507 e. The van der Waals surface area contributed by atoms with Crippen LogP contribution in [0.5, 0.6) is 5.75 Å². The Morgan fingerprint density at radius 3 is 2.75 bits per heavy atom. The smallest absolute Gasteiger partial charge is 0.163 e. The van der Waals surface area contributed by atoms with E-state index in [1.807, 2.05) is 4.90 Å². The van der Waals surface area contributed by atoms with E-state index in [0.717, 1.165) is 29.9 Å². The van der Waals surface area contributed by atoms with E-state index in [2.05, 4.69) is 0 Å². The summed E-state index contributed by atoms with van der Waals surface area (Å²) in [6, 6.07) is 9.67. The van der Waals surface area contributed by atoms with Crippen LogP contribution in [0.4, 0.5) is 15.8 Å². The Labute approximate surface area is 116 Å². The number of Topliss-reactive ketones (excluding diaryl/α,β-unsaturated/α-hetero) is 1. The summed E-state index contributed by atoms with van der Waals surface area (Å²) in [5.41, 5.74) is 2.96. The zero-order chi connectivity index (χ0) is 14.3. The molecule has 3 nitrogen and oxygen atoms in total. The third-order valence-electron chi connectivity index (χ3n) is 3.62. The summed E-state index contributed by atoms with van der Waals surface area (Å²) < 4.78 is 13.4. The van der Waals surface area contributed by atoms with Gasteiger partial charge in [-0.15, -0.1) is 0 Å². The summed E-state index contributed by atoms with van der Waals surface area (Å²) in [4.78, 5) is 13.3. The lowest BCUT2D eigenvalue weighted by Gasteiger charge is -2.20. The van der Waals surface area contributed by atoms with Crippen LogP contribution in [-0.2, 0) is 6.42 Å². The summed E-state index contributed by atoms with van der Waals surface area (Å²) in [6.07, 6.45) is 0.838. The second kappa shape index (κ2) is 4.63. The van der Waals surface area contributed by atoms with Crippen LogP contribution in [0.2, 0.25) is 0 Å².